The van der Waals surface area contributed by atoms with Gasteiger partial charge in [0.1, 0.15) is 5.65 Å². The lowest BCUT2D eigenvalue weighted by atomic mass is 10.0. The third kappa shape index (κ3) is 4.02. The molecule has 1 aromatic carbocycles. The summed E-state index contributed by atoms with van der Waals surface area (Å²) in [6.07, 6.45) is 2.42. The highest BCUT2D eigenvalue weighted by molar-refractivity contribution is 9.10. The molecule has 0 saturated carbocycles. The Morgan fingerprint density at radius 2 is 1.96 bits per heavy atom. The summed E-state index contributed by atoms with van der Waals surface area (Å²) in [4.78, 5) is 40.3. The molecule has 2 aromatic heterocycles. The number of hydrogen-bond donors (Lipinski definition) is 0. The molecule has 0 unspecified atom stereocenters. The number of aryl methyl sites for hydroxylation is 1. The molecule has 0 saturated heterocycles. The van der Waals surface area contributed by atoms with Gasteiger partial charge >= 0.3 is 5.69 Å². The fourth-order valence-corrected chi connectivity index (χ4v) is 3.58. The summed E-state index contributed by atoms with van der Waals surface area (Å²) in [5.74, 6) is 0. The zero-order chi connectivity index (χ0) is 20.3. The van der Waals surface area contributed by atoms with Crippen molar-refractivity contribution in [3.8, 4) is 0 Å². The largest absolute Gasteiger partial charge is 0.468 e. The van der Waals surface area contributed by atoms with E-state index >= 15 is 0 Å². The highest BCUT2D eigenvalue weighted by atomic mass is 79.9. The number of rotatable bonds is 7. The minimum absolute atomic E-state index is 0.130. The van der Waals surface area contributed by atoms with Crippen molar-refractivity contribution in [2.24, 2.45) is 7.05 Å². The highest BCUT2D eigenvalue weighted by Gasteiger charge is 2.18. The molecule has 146 valence electrons. The Bertz CT molecular complexity index is 1140. The first-order chi connectivity index (χ1) is 13.4. The molecule has 0 aliphatic carbocycles. The van der Waals surface area contributed by atoms with Crippen molar-refractivity contribution in [2.45, 2.75) is 19.4 Å². The molecule has 0 fully saturated rings. The molecule has 9 heteroatoms. The van der Waals surface area contributed by atoms with Gasteiger partial charge in [-0.05, 0) is 52.0 Å². The predicted octanol–water partition coefficient (Wildman–Crippen LogP) is 2.67. The number of benzene rings is 1. The lowest BCUT2D eigenvalue weighted by Crippen LogP contribution is -2.40. The Morgan fingerprint density at radius 1 is 1.25 bits per heavy atom. The van der Waals surface area contributed by atoms with Gasteiger partial charge in [-0.3, -0.25) is 18.7 Å². The van der Waals surface area contributed by atoms with E-state index in [0.29, 0.717) is 39.8 Å². The van der Waals surface area contributed by atoms with Gasteiger partial charge in [0, 0.05) is 29.3 Å². The van der Waals surface area contributed by atoms with Crippen LogP contribution in [0.25, 0.3) is 11.0 Å². The number of carbonyl (C=O) groups excluding carboxylic acids is 1. The van der Waals surface area contributed by atoms with Gasteiger partial charge in [-0.15, -0.1) is 0 Å². The Hall–Kier alpha value is -2.45. The predicted molar refractivity (Wildman–Crippen MR) is 110 cm³/mol. The number of aromatic nitrogens is 3. The molecule has 2 heterocycles. The van der Waals surface area contributed by atoms with E-state index in [9.17, 15) is 14.4 Å². The molecule has 0 radical (unpaired) electrons. The molecule has 0 atom stereocenters. The van der Waals surface area contributed by atoms with Crippen LogP contribution in [0.1, 0.15) is 17.5 Å². The smallest absolute Gasteiger partial charge is 0.332 e. The Balaban J connectivity index is 2.15. The van der Waals surface area contributed by atoms with Crippen LogP contribution >= 0.6 is 27.5 Å². The quantitative estimate of drug-likeness (QED) is 0.395. The van der Waals surface area contributed by atoms with Gasteiger partial charge in [0.15, 0.2) is 0 Å². The summed E-state index contributed by atoms with van der Waals surface area (Å²) >= 11 is 9.43. The summed E-state index contributed by atoms with van der Waals surface area (Å²) < 4.78 is 7.84. The summed E-state index contributed by atoms with van der Waals surface area (Å²) in [6.45, 7) is 0.611. The van der Waals surface area contributed by atoms with E-state index in [-0.39, 0.29) is 13.2 Å². The highest BCUT2D eigenvalue weighted by Crippen LogP contribution is 2.25. The summed E-state index contributed by atoms with van der Waals surface area (Å²) in [6, 6.07) is 7.35. The molecule has 3 rings (SSSR count). The maximum atomic E-state index is 13.1. The summed E-state index contributed by atoms with van der Waals surface area (Å²) in [5, 5.41) is 1.01. The zero-order valence-corrected chi connectivity index (χ0v) is 17.4. The molecule has 0 aliphatic rings. The number of carbonyl (C=O) groups is 1. The topological polar surface area (TPSA) is 83.2 Å². The van der Waals surface area contributed by atoms with Gasteiger partial charge in [-0.2, -0.15) is 0 Å². The number of ether oxygens (including phenoxy) is 1. The molecular weight excluding hydrogens is 450 g/mol. The van der Waals surface area contributed by atoms with E-state index in [0.717, 1.165) is 15.7 Å². The lowest BCUT2D eigenvalue weighted by Gasteiger charge is -2.14. The Labute approximate surface area is 173 Å². The summed E-state index contributed by atoms with van der Waals surface area (Å²) in [7, 11) is 1.58. The van der Waals surface area contributed by atoms with E-state index in [4.69, 9.17) is 11.6 Å². The van der Waals surface area contributed by atoms with Crippen LogP contribution < -0.4 is 11.2 Å². The standard InChI is InChI=1S/C19H17BrClN3O4/c1-23-17-16(18(26)24(19(23)27)7-2-8-28-11-25)14(15(20)10-22-17)9-12-3-5-13(21)6-4-12/h3-6,10-11H,2,7-9H2,1H3. The van der Waals surface area contributed by atoms with E-state index < -0.39 is 11.2 Å². The first-order valence-electron chi connectivity index (χ1n) is 8.50. The van der Waals surface area contributed by atoms with Crippen molar-refractivity contribution >= 4 is 45.0 Å². The first kappa shape index (κ1) is 20.3. The second-order valence-corrected chi connectivity index (χ2v) is 7.50. The van der Waals surface area contributed by atoms with Gasteiger partial charge in [-0.25, -0.2) is 9.78 Å². The fraction of sp³-hybridized carbons (Fsp3) is 0.263. The number of hydrogen-bond acceptors (Lipinski definition) is 5. The van der Waals surface area contributed by atoms with E-state index in [1.807, 2.05) is 12.1 Å². The number of nitrogens with zero attached hydrogens (tertiary/aromatic N) is 3. The van der Waals surface area contributed by atoms with Crippen molar-refractivity contribution < 1.29 is 9.53 Å². The van der Waals surface area contributed by atoms with Crippen LogP contribution in [0.2, 0.25) is 5.02 Å². The summed E-state index contributed by atoms with van der Waals surface area (Å²) in [5.41, 5.74) is 1.16. The van der Waals surface area contributed by atoms with Crippen LogP contribution in [0.3, 0.4) is 0 Å². The number of pyridine rings is 1. The lowest BCUT2D eigenvalue weighted by molar-refractivity contribution is -0.128. The molecule has 0 N–H and O–H groups in total. The van der Waals surface area contributed by atoms with E-state index in [2.05, 4.69) is 25.7 Å². The fourth-order valence-electron chi connectivity index (χ4n) is 3.02. The maximum Gasteiger partial charge on any atom is 0.332 e. The number of halogens is 2. The molecule has 3 aromatic rings. The van der Waals surface area contributed by atoms with Gasteiger partial charge < -0.3 is 4.74 Å². The third-order valence-corrected chi connectivity index (χ3v) is 5.35. The van der Waals surface area contributed by atoms with Crippen LogP contribution in [-0.4, -0.2) is 27.2 Å². The molecule has 0 aliphatic heterocycles. The Kier molecular flexibility index (Phi) is 6.31. The van der Waals surface area contributed by atoms with Gasteiger partial charge in [0.25, 0.3) is 12.0 Å². The minimum atomic E-state index is -0.462. The molecular formula is C19H17BrClN3O4. The van der Waals surface area contributed by atoms with Crippen LogP contribution in [0.5, 0.6) is 0 Å². The molecule has 7 nitrogen and oxygen atoms in total. The average molecular weight is 467 g/mol. The normalized spacial score (nSPS) is 11.0. The maximum absolute atomic E-state index is 13.1. The van der Waals surface area contributed by atoms with Crippen LogP contribution in [0.15, 0.2) is 44.5 Å². The van der Waals surface area contributed by atoms with Gasteiger partial charge in [0.2, 0.25) is 0 Å². The Morgan fingerprint density at radius 3 is 2.64 bits per heavy atom. The molecule has 0 amide bonds. The SMILES string of the molecule is Cn1c(=O)n(CCCOC=O)c(=O)c2c(Cc3ccc(Cl)cc3)c(Br)cnc21. The van der Waals surface area contributed by atoms with Crippen LogP contribution in [0, 0.1) is 0 Å². The van der Waals surface area contributed by atoms with Crippen molar-refractivity contribution in [3.05, 3.63) is 71.9 Å². The van der Waals surface area contributed by atoms with Crippen LogP contribution in [-0.2, 0) is 29.5 Å². The van der Waals surface area contributed by atoms with E-state index in [1.54, 1.807) is 25.4 Å². The number of fused-ring (bicyclic) bond motifs is 1. The van der Waals surface area contributed by atoms with Crippen molar-refractivity contribution in [3.63, 3.8) is 0 Å². The zero-order valence-electron chi connectivity index (χ0n) is 15.0. The minimum Gasteiger partial charge on any atom is -0.468 e. The first-order valence-corrected chi connectivity index (χ1v) is 9.67. The van der Waals surface area contributed by atoms with Crippen molar-refractivity contribution in [1.82, 2.24) is 14.1 Å². The van der Waals surface area contributed by atoms with Crippen molar-refractivity contribution in [1.29, 1.82) is 0 Å². The monoisotopic (exact) mass is 465 g/mol. The van der Waals surface area contributed by atoms with Crippen molar-refractivity contribution in [2.75, 3.05) is 6.61 Å². The molecule has 28 heavy (non-hydrogen) atoms. The van der Waals surface area contributed by atoms with Gasteiger partial charge in [0.05, 0.1) is 12.0 Å². The average Bonchev–Trinajstić information content (AvgIpc) is 2.68. The second kappa shape index (κ2) is 8.70. The molecule has 0 bridgehead atoms. The second-order valence-electron chi connectivity index (χ2n) is 6.21. The molecule has 0 spiro atoms. The van der Waals surface area contributed by atoms with Crippen LogP contribution in [0.4, 0.5) is 0 Å². The van der Waals surface area contributed by atoms with E-state index in [1.165, 1.54) is 4.57 Å². The third-order valence-electron chi connectivity index (χ3n) is 4.41. The van der Waals surface area contributed by atoms with Gasteiger partial charge in [-0.1, -0.05) is 23.7 Å².